The summed E-state index contributed by atoms with van der Waals surface area (Å²) in [6.45, 7) is 5.87. The first-order valence-corrected chi connectivity index (χ1v) is 4.70. The van der Waals surface area contributed by atoms with Gasteiger partial charge in [0, 0.05) is 11.0 Å². The van der Waals surface area contributed by atoms with Crippen LogP contribution in [0, 0.1) is 10.1 Å². The summed E-state index contributed by atoms with van der Waals surface area (Å²) in [6.07, 6.45) is 0. The smallest absolute Gasteiger partial charge is 0.258 e. The van der Waals surface area contributed by atoms with E-state index in [0.29, 0.717) is 0 Å². The summed E-state index contributed by atoms with van der Waals surface area (Å²) >= 11 is 0. The van der Waals surface area contributed by atoms with Gasteiger partial charge in [0.2, 0.25) is 0 Å². The van der Waals surface area contributed by atoms with Gasteiger partial charge in [0.1, 0.15) is 5.69 Å². The monoisotopic (exact) mass is 220 g/mol. The second-order valence-electron chi connectivity index (χ2n) is 4.40. The molecule has 0 N–H and O–H groups in total. The van der Waals surface area contributed by atoms with Crippen LogP contribution in [0.2, 0.25) is 0 Å². The maximum atomic E-state index is 10.8. The fourth-order valence-corrected chi connectivity index (χ4v) is 1.27. The van der Waals surface area contributed by atoms with E-state index in [9.17, 15) is 10.1 Å². The van der Waals surface area contributed by atoms with Crippen molar-refractivity contribution in [1.29, 1.82) is 0 Å². The van der Waals surface area contributed by atoms with Crippen LogP contribution in [0.1, 0.15) is 26.3 Å². The molecule has 84 valence electrons. The third kappa shape index (κ3) is 2.49. The lowest BCUT2D eigenvalue weighted by atomic mass is 9.87. The molecule has 1 rings (SSSR count). The molecule has 0 fully saturated rings. The van der Waals surface area contributed by atoms with Crippen molar-refractivity contribution in [2.75, 3.05) is 0 Å². The quantitative estimate of drug-likeness (QED) is 0.249. The highest BCUT2D eigenvalue weighted by atomic mass is 16.6. The molecule has 0 unspecified atom stereocenters. The summed E-state index contributed by atoms with van der Waals surface area (Å²) < 4.78 is 0. The Bertz CT molecular complexity index is 470. The molecule has 0 spiro atoms. The van der Waals surface area contributed by atoms with E-state index in [4.69, 9.17) is 5.53 Å². The molecule has 0 bridgehead atoms. The minimum atomic E-state index is -0.542. The van der Waals surface area contributed by atoms with Crippen molar-refractivity contribution < 1.29 is 4.92 Å². The SMILES string of the molecule is CC(C)(C)c1ccc(N=[N+]=[N-])c([N+](=O)[O-])c1. The van der Waals surface area contributed by atoms with Crippen LogP contribution in [0.15, 0.2) is 23.3 Å². The Morgan fingerprint density at radius 3 is 2.50 bits per heavy atom. The fourth-order valence-electron chi connectivity index (χ4n) is 1.27. The molecule has 0 radical (unpaired) electrons. The second kappa shape index (κ2) is 4.20. The van der Waals surface area contributed by atoms with Gasteiger partial charge in [0.15, 0.2) is 0 Å². The predicted octanol–water partition coefficient (Wildman–Crippen LogP) is 3.83. The first-order chi connectivity index (χ1) is 7.36. The summed E-state index contributed by atoms with van der Waals surface area (Å²) in [6, 6.07) is 4.65. The lowest BCUT2D eigenvalue weighted by molar-refractivity contribution is -0.384. The average Bonchev–Trinajstić information content (AvgIpc) is 2.16. The van der Waals surface area contributed by atoms with E-state index in [1.807, 2.05) is 20.8 Å². The Morgan fingerprint density at radius 1 is 1.44 bits per heavy atom. The zero-order valence-corrected chi connectivity index (χ0v) is 9.34. The van der Waals surface area contributed by atoms with Crippen LogP contribution in [-0.4, -0.2) is 4.92 Å². The summed E-state index contributed by atoms with van der Waals surface area (Å²) in [5, 5.41) is 14.1. The minimum absolute atomic E-state index is 0.0421. The van der Waals surface area contributed by atoms with E-state index in [0.717, 1.165) is 5.56 Å². The number of nitrogens with zero attached hydrogens (tertiary/aromatic N) is 4. The van der Waals surface area contributed by atoms with Crippen molar-refractivity contribution in [2.45, 2.75) is 26.2 Å². The normalized spacial score (nSPS) is 10.7. The van der Waals surface area contributed by atoms with Gasteiger partial charge in [-0.05, 0) is 22.6 Å². The number of hydrogen-bond donors (Lipinski definition) is 0. The topological polar surface area (TPSA) is 91.9 Å². The minimum Gasteiger partial charge on any atom is -0.258 e. The Kier molecular flexibility index (Phi) is 3.15. The Balaban J connectivity index is 3.39. The molecule has 0 aliphatic heterocycles. The average molecular weight is 220 g/mol. The number of benzene rings is 1. The van der Waals surface area contributed by atoms with E-state index in [2.05, 4.69) is 10.0 Å². The van der Waals surface area contributed by atoms with Crippen LogP contribution in [0.5, 0.6) is 0 Å². The third-order valence-corrected chi connectivity index (χ3v) is 2.19. The van der Waals surface area contributed by atoms with Gasteiger partial charge < -0.3 is 0 Å². The van der Waals surface area contributed by atoms with Gasteiger partial charge in [0.25, 0.3) is 5.69 Å². The Labute approximate surface area is 92.7 Å². The van der Waals surface area contributed by atoms with Crippen LogP contribution >= 0.6 is 0 Å². The van der Waals surface area contributed by atoms with Crippen molar-refractivity contribution >= 4 is 11.4 Å². The molecule has 0 atom stereocenters. The van der Waals surface area contributed by atoms with Gasteiger partial charge in [-0.3, -0.25) is 10.1 Å². The Morgan fingerprint density at radius 2 is 2.06 bits per heavy atom. The number of hydrogen-bond acceptors (Lipinski definition) is 3. The van der Waals surface area contributed by atoms with Crippen LogP contribution in [-0.2, 0) is 5.41 Å². The standard InChI is InChI=1S/C10H12N4O2/c1-10(2,3)7-4-5-8(12-13-11)9(6-7)14(15)16/h4-6H,1-3H3. The van der Waals surface area contributed by atoms with E-state index in [1.54, 1.807) is 6.07 Å². The molecule has 1 aromatic rings. The van der Waals surface area contributed by atoms with Crippen LogP contribution < -0.4 is 0 Å². The number of nitro benzene ring substituents is 1. The zero-order valence-electron chi connectivity index (χ0n) is 9.34. The molecule has 6 heteroatoms. The highest BCUT2D eigenvalue weighted by molar-refractivity contribution is 5.59. The molecule has 0 aliphatic carbocycles. The highest BCUT2D eigenvalue weighted by Crippen LogP contribution is 2.33. The van der Waals surface area contributed by atoms with Crippen LogP contribution in [0.3, 0.4) is 0 Å². The van der Waals surface area contributed by atoms with Crippen molar-refractivity contribution in [2.24, 2.45) is 5.11 Å². The molecule has 0 saturated carbocycles. The fraction of sp³-hybridized carbons (Fsp3) is 0.400. The van der Waals surface area contributed by atoms with Gasteiger partial charge in [0.05, 0.1) is 4.92 Å². The van der Waals surface area contributed by atoms with E-state index in [-0.39, 0.29) is 16.8 Å². The lowest BCUT2D eigenvalue weighted by Gasteiger charge is -2.18. The Hall–Kier alpha value is -2.07. The van der Waals surface area contributed by atoms with Crippen molar-refractivity contribution in [3.63, 3.8) is 0 Å². The van der Waals surface area contributed by atoms with Gasteiger partial charge in [-0.2, -0.15) is 0 Å². The summed E-state index contributed by atoms with van der Waals surface area (Å²) in [5.74, 6) is 0. The van der Waals surface area contributed by atoms with Gasteiger partial charge in [-0.1, -0.05) is 32.0 Å². The molecular weight excluding hydrogens is 208 g/mol. The lowest BCUT2D eigenvalue weighted by Crippen LogP contribution is -2.11. The van der Waals surface area contributed by atoms with E-state index in [1.165, 1.54) is 12.1 Å². The highest BCUT2D eigenvalue weighted by Gasteiger charge is 2.19. The first-order valence-electron chi connectivity index (χ1n) is 4.70. The molecule has 1 aromatic carbocycles. The number of rotatable bonds is 2. The predicted molar refractivity (Wildman–Crippen MR) is 60.6 cm³/mol. The summed E-state index contributed by atoms with van der Waals surface area (Å²) in [7, 11) is 0. The number of azide groups is 1. The largest absolute Gasteiger partial charge is 0.279 e. The van der Waals surface area contributed by atoms with Gasteiger partial charge in [-0.25, -0.2) is 0 Å². The molecule has 16 heavy (non-hydrogen) atoms. The molecule has 6 nitrogen and oxygen atoms in total. The van der Waals surface area contributed by atoms with Crippen molar-refractivity contribution in [3.8, 4) is 0 Å². The van der Waals surface area contributed by atoms with Crippen LogP contribution in [0.4, 0.5) is 11.4 Å². The summed E-state index contributed by atoms with van der Waals surface area (Å²) in [5.41, 5.74) is 8.82. The molecule has 0 aromatic heterocycles. The molecule has 0 aliphatic rings. The number of nitro groups is 1. The summed E-state index contributed by atoms with van der Waals surface area (Å²) in [4.78, 5) is 12.8. The first kappa shape index (κ1) is 12.0. The van der Waals surface area contributed by atoms with E-state index < -0.39 is 4.92 Å². The molecular formula is C10H12N4O2. The molecule has 0 amide bonds. The second-order valence-corrected chi connectivity index (χ2v) is 4.40. The molecule has 0 heterocycles. The zero-order chi connectivity index (χ0) is 12.3. The third-order valence-electron chi connectivity index (χ3n) is 2.19. The van der Waals surface area contributed by atoms with Gasteiger partial charge >= 0.3 is 0 Å². The van der Waals surface area contributed by atoms with Crippen LogP contribution in [0.25, 0.3) is 10.4 Å². The maximum absolute atomic E-state index is 10.8. The van der Waals surface area contributed by atoms with E-state index >= 15 is 0 Å². The van der Waals surface area contributed by atoms with Crippen molar-refractivity contribution in [3.05, 3.63) is 44.3 Å². The maximum Gasteiger partial charge on any atom is 0.279 e. The van der Waals surface area contributed by atoms with Crippen molar-refractivity contribution in [1.82, 2.24) is 0 Å². The van der Waals surface area contributed by atoms with Gasteiger partial charge in [-0.15, -0.1) is 0 Å². The molecule has 0 saturated heterocycles.